The number of halogens is 3. The molecule has 0 unspecified atom stereocenters. The summed E-state index contributed by atoms with van der Waals surface area (Å²) < 4.78 is 37.8. The van der Waals surface area contributed by atoms with E-state index in [4.69, 9.17) is 0 Å². The molecule has 118 valence electrons. The summed E-state index contributed by atoms with van der Waals surface area (Å²) >= 11 is 1.57. The maximum Gasteiger partial charge on any atom is 0.416 e. The van der Waals surface area contributed by atoms with Crippen LogP contribution < -0.4 is 5.32 Å². The lowest BCUT2D eigenvalue weighted by Gasteiger charge is -2.23. The van der Waals surface area contributed by atoms with E-state index in [0.717, 1.165) is 12.1 Å². The number of thioether (sulfide) groups is 1. The van der Waals surface area contributed by atoms with Crippen LogP contribution in [0.1, 0.15) is 26.3 Å². The van der Waals surface area contributed by atoms with E-state index in [-0.39, 0.29) is 10.4 Å². The Hall–Kier alpha value is -1.37. The van der Waals surface area contributed by atoms with Crippen LogP contribution in [0.15, 0.2) is 24.3 Å². The predicted molar refractivity (Wildman–Crippen MR) is 80.4 cm³/mol. The van der Waals surface area contributed by atoms with Crippen LogP contribution >= 0.6 is 11.8 Å². The normalized spacial score (nSPS) is 12.1. The van der Waals surface area contributed by atoms with Gasteiger partial charge in [-0.25, -0.2) is 4.79 Å². The fourth-order valence-corrected chi connectivity index (χ4v) is 2.04. The van der Waals surface area contributed by atoms with Gasteiger partial charge in [-0.3, -0.25) is 0 Å². The summed E-state index contributed by atoms with van der Waals surface area (Å²) in [6.07, 6.45) is -4.42. The Morgan fingerprint density at radius 2 is 1.90 bits per heavy atom. The zero-order chi connectivity index (χ0) is 16.3. The number of nitrogens with one attached hydrogen (secondary N) is 1. The van der Waals surface area contributed by atoms with E-state index in [1.54, 1.807) is 18.8 Å². The fourth-order valence-electron chi connectivity index (χ4n) is 1.34. The standard InChI is InChI=1S/C14H19F3N2OS/c1-13(2,3)21-9-19(4)12(20)18-11-7-5-6-10(8-11)14(15,16)17/h5-8H,9H2,1-4H3,(H,18,20). The molecule has 21 heavy (non-hydrogen) atoms. The van der Waals surface area contributed by atoms with Gasteiger partial charge in [0.2, 0.25) is 0 Å². The van der Waals surface area contributed by atoms with Gasteiger partial charge in [-0.15, -0.1) is 11.8 Å². The second-order valence-corrected chi connectivity index (χ2v) is 7.36. The van der Waals surface area contributed by atoms with Gasteiger partial charge >= 0.3 is 12.2 Å². The predicted octanol–water partition coefficient (Wildman–Crippen LogP) is 4.66. The zero-order valence-corrected chi connectivity index (χ0v) is 13.2. The van der Waals surface area contributed by atoms with Crippen molar-refractivity contribution in [3.05, 3.63) is 29.8 Å². The van der Waals surface area contributed by atoms with E-state index in [1.807, 2.05) is 20.8 Å². The quantitative estimate of drug-likeness (QED) is 0.822. The number of amides is 2. The molecule has 0 heterocycles. The average Bonchev–Trinajstić information content (AvgIpc) is 2.34. The van der Waals surface area contributed by atoms with Gasteiger partial charge in [-0.2, -0.15) is 13.2 Å². The van der Waals surface area contributed by atoms with Crippen LogP contribution in [-0.2, 0) is 6.18 Å². The summed E-state index contributed by atoms with van der Waals surface area (Å²) in [4.78, 5) is 13.3. The van der Waals surface area contributed by atoms with Crippen molar-refractivity contribution in [3.8, 4) is 0 Å². The van der Waals surface area contributed by atoms with E-state index < -0.39 is 17.8 Å². The molecule has 0 spiro atoms. The van der Waals surface area contributed by atoms with Gasteiger partial charge < -0.3 is 10.2 Å². The molecule has 0 aliphatic rings. The SMILES string of the molecule is CN(CSC(C)(C)C)C(=O)Nc1cccc(C(F)(F)F)c1. The van der Waals surface area contributed by atoms with E-state index in [1.165, 1.54) is 17.0 Å². The number of hydrogen-bond donors (Lipinski definition) is 1. The van der Waals surface area contributed by atoms with Crippen LogP contribution in [0.2, 0.25) is 0 Å². The molecule has 3 nitrogen and oxygen atoms in total. The highest BCUT2D eigenvalue weighted by molar-refractivity contribution is 8.00. The monoisotopic (exact) mass is 320 g/mol. The molecule has 1 rings (SSSR count). The summed E-state index contributed by atoms with van der Waals surface area (Å²) in [5.41, 5.74) is -0.658. The van der Waals surface area contributed by atoms with Crippen molar-refractivity contribution < 1.29 is 18.0 Å². The first-order valence-electron chi connectivity index (χ1n) is 6.32. The van der Waals surface area contributed by atoms with Crippen molar-refractivity contribution in [1.29, 1.82) is 0 Å². The lowest BCUT2D eigenvalue weighted by Crippen LogP contribution is -2.32. The highest BCUT2D eigenvalue weighted by Gasteiger charge is 2.30. The summed E-state index contributed by atoms with van der Waals surface area (Å²) in [5, 5.41) is 2.46. The Balaban J connectivity index is 2.66. The summed E-state index contributed by atoms with van der Waals surface area (Å²) in [6, 6.07) is 4.14. The molecule has 1 aromatic rings. The number of carbonyl (C=O) groups is 1. The highest BCUT2D eigenvalue weighted by atomic mass is 32.2. The molecule has 0 saturated carbocycles. The van der Waals surface area contributed by atoms with Crippen LogP contribution in [-0.4, -0.2) is 28.6 Å². The third kappa shape index (κ3) is 6.29. The van der Waals surface area contributed by atoms with Crippen molar-refractivity contribution in [3.63, 3.8) is 0 Å². The molecular formula is C14H19F3N2OS. The van der Waals surface area contributed by atoms with Crippen molar-refractivity contribution in [2.75, 3.05) is 18.2 Å². The van der Waals surface area contributed by atoms with Gasteiger partial charge in [-0.1, -0.05) is 26.8 Å². The fraction of sp³-hybridized carbons (Fsp3) is 0.500. The van der Waals surface area contributed by atoms with Gasteiger partial charge in [0.15, 0.2) is 0 Å². The van der Waals surface area contributed by atoms with Crippen molar-refractivity contribution in [2.24, 2.45) is 0 Å². The molecule has 0 radical (unpaired) electrons. The first-order chi connectivity index (χ1) is 9.49. The maximum atomic E-state index is 12.6. The van der Waals surface area contributed by atoms with Crippen molar-refractivity contribution in [1.82, 2.24) is 4.90 Å². The molecule has 0 fully saturated rings. The lowest BCUT2D eigenvalue weighted by molar-refractivity contribution is -0.137. The zero-order valence-electron chi connectivity index (χ0n) is 12.4. The number of carbonyl (C=O) groups excluding carboxylic acids is 1. The molecule has 0 atom stereocenters. The van der Waals surface area contributed by atoms with E-state index in [9.17, 15) is 18.0 Å². The number of nitrogens with zero attached hydrogens (tertiary/aromatic N) is 1. The Morgan fingerprint density at radius 1 is 1.29 bits per heavy atom. The first-order valence-corrected chi connectivity index (χ1v) is 7.31. The van der Waals surface area contributed by atoms with Gasteiger partial charge in [-0.05, 0) is 18.2 Å². The van der Waals surface area contributed by atoms with Crippen molar-refractivity contribution in [2.45, 2.75) is 31.7 Å². The number of anilines is 1. The molecular weight excluding hydrogens is 301 g/mol. The largest absolute Gasteiger partial charge is 0.416 e. The summed E-state index contributed by atoms with van der Waals surface area (Å²) in [5.74, 6) is 0.453. The molecule has 0 aromatic heterocycles. The third-order valence-electron chi connectivity index (χ3n) is 2.48. The van der Waals surface area contributed by atoms with E-state index in [0.29, 0.717) is 5.88 Å². The molecule has 0 aliphatic heterocycles. The van der Waals surface area contributed by atoms with Crippen LogP contribution in [0.25, 0.3) is 0 Å². The third-order valence-corrected chi connectivity index (χ3v) is 3.86. The van der Waals surface area contributed by atoms with Gasteiger partial charge in [0, 0.05) is 17.5 Å². The van der Waals surface area contributed by atoms with Crippen LogP contribution in [0, 0.1) is 0 Å². The average molecular weight is 320 g/mol. The molecule has 2 amide bonds. The first kappa shape index (κ1) is 17.7. The molecule has 0 bridgehead atoms. The Kier molecular flexibility index (Phi) is 5.55. The Bertz CT molecular complexity index is 498. The minimum absolute atomic E-state index is 0.00470. The highest BCUT2D eigenvalue weighted by Crippen LogP contribution is 2.30. The number of rotatable bonds is 3. The summed E-state index contributed by atoms with van der Waals surface area (Å²) in [7, 11) is 1.60. The molecule has 0 aliphatic carbocycles. The molecule has 1 aromatic carbocycles. The van der Waals surface area contributed by atoms with Gasteiger partial charge in [0.1, 0.15) is 0 Å². The van der Waals surface area contributed by atoms with Crippen LogP contribution in [0.4, 0.5) is 23.7 Å². The van der Waals surface area contributed by atoms with E-state index in [2.05, 4.69) is 5.32 Å². The van der Waals surface area contributed by atoms with Crippen LogP contribution in [0.5, 0.6) is 0 Å². The smallest absolute Gasteiger partial charge is 0.318 e. The Labute approximate surface area is 126 Å². The Morgan fingerprint density at radius 3 is 2.43 bits per heavy atom. The summed E-state index contributed by atoms with van der Waals surface area (Å²) in [6.45, 7) is 6.07. The second-order valence-electron chi connectivity index (χ2n) is 5.59. The maximum absolute atomic E-state index is 12.6. The minimum atomic E-state index is -4.42. The second kappa shape index (κ2) is 6.60. The number of alkyl halides is 3. The van der Waals surface area contributed by atoms with Gasteiger partial charge in [0.25, 0.3) is 0 Å². The number of benzene rings is 1. The van der Waals surface area contributed by atoms with E-state index >= 15 is 0 Å². The van der Waals surface area contributed by atoms with Crippen molar-refractivity contribution >= 4 is 23.5 Å². The number of hydrogen-bond acceptors (Lipinski definition) is 2. The van der Waals surface area contributed by atoms with Gasteiger partial charge in [0.05, 0.1) is 11.4 Å². The molecule has 7 heteroatoms. The number of urea groups is 1. The van der Waals surface area contributed by atoms with Crippen LogP contribution in [0.3, 0.4) is 0 Å². The molecule has 0 saturated heterocycles. The molecule has 1 N–H and O–H groups in total. The lowest BCUT2D eigenvalue weighted by atomic mass is 10.2. The topological polar surface area (TPSA) is 32.3 Å². The minimum Gasteiger partial charge on any atom is -0.318 e.